The molecule has 0 aromatic heterocycles. The van der Waals surface area contributed by atoms with Crippen LogP contribution in [-0.4, -0.2) is 23.7 Å². The number of hydrogen-bond acceptors (Lipinski definition) is 3. The van der Waals surface area contributed by atoms with Gasteiger partial charge in [-0.15, -0.1) is 0 Å². The van der Waals surface area contributed by atoms with Crippen LogP contribution in [-0.2, 0) is 14.3 Å². The van der Waals surface area contributed by atoms with E-state index in [0.29, 0.717) is 5.57 Å². The quantitative estimate of drug-likeness (QED) is 0.842. The average molecular weight is 258 g/mol. The highest BCUT2D eigenvalue weighted by Gasteiger charge is 2.18. The van der Waals surface area contributed by atoms with Gasteiger partial charge in [0.1, 0.15) is 6.61 Å². The van der Waals surface area contributed by atoms with Gasteiger partial charge in [0.2, 0.25) is 0 Å². The molecule has 4 heteroatoms. The summed E-state index contributed by atoms with van der Waals surface area (Å²) < 4.78 is 5.04. The van der Waals surface area contributed by atoms with Gasteiger partial charge in [-0.05, 0) is 29.7 Å². The molecule has 1 aromatic carbocycles. The van der Waals surface area contributed by atoms with Crippen molar-refractivity contribution in [2.45, 2.75) is 12.8 Å². The Morgan fingerprint density at radius 2 is 2.05 bits per heavy atom. The van der Waals surface area contributed by atoms with Crippen molar-refractivity contribution in [3.63, 3.8) is 0 Å². The van der Waals surface area contributed by atoms with E-state index in [9.17, 15) is 9.59 Å². The minimum atomic E-state index is -0.923. The molecule has 1 aliphatic rings. The number of benzene rings is 1. The van der Waals surface area contributed by atoms with E-state index in [1.807, 2.05) is 36.4 Å². The molecule has 0 amide bonds. The van der Waals surface area contributed by atoms with E-state index in [2.05, 4.69) is 0 Å². The van der Waals surface area contributed by atoms with Crippen LogP contribution in [0.1, 0.15) is 18.4 Å². The maximum atomic E-state index is 11.5. The van der Waals surface area contributed by atoms with Gasteiger partial charge in [0.05, 0.1) is 0 Å². The van der Waals surface area contributed by atoms with E-state index in [1.165, 1.54) is 0 Å². The largest absolute Gasteiger partial charge is 0.481 e. The van der Waals surface area contributed by atoms with Crippen LogP contribution in [0.15, 0.2) is 47.6 Å². The summed E-state index contributed by atoms with van der Waals surface area (Å²) in [6.07, 6.45) is 3.77. The van der Waals surface area contributed by atoms with Crippen molar-refractivity contribution < 1.29 is 19.4 Å². The van der Waals surface area contributed by atoms with E-state index >= 15 is 0 Å². The Morgan fingerprint density at radius 3 is 2.74 bits per heavy atom. The van der Waals surface area contributed by atoms with Gasteiger partial charge in [-0.25, -0.2) is 4.79 Å². The molecule has 0 radical (unpaired) electrons. The Morgan fingerprint density at radius 1 is 1.32 bits per heavy atom. The molecule has 0 aliphatic carbocycles. The summed E-state index contributed by atoms with van der Waals surface area (Å²) in [6, 6.07) is 9.69. The molecule has 2 rings (SSSR count). The van der Waals surface area contributed by atoms with Gasteiger partial charge in [-0.3, -0.25) is 4.79 Å². The SMILES string of the molecule is O=C(O)CCC1=C/C(=C\c2ccccc2)COC1=O. The van der Waals surface area contributed by atoms with Crippen LogP contribution in [0.2, 0.25) is 0 Å². The van der Waals surface area contributed by atoms with Crippen molar-refractivity contribution in [3.8, 4) is 0 Å². The number of rotatable bonds is 4. The van der Waals surface area contributed by atoms with Crippen molar-refractivity contribution in [3.05, 3.63) is 53.1 Å². The molecule has 0 unspecified atom stereocenters. The number of aliphatic carboxylic acids is 1. The molecule has 1 aliphatic heterocycles. The monoisotopic (exact) mass is 258 g/mol. The first-order valence-corrected chi connectivity index (χ1v) is 6.00. The highest BCUT2D eigenvalue weighted by Crippen LogP contribution is 2.19. The van der Waals surface area contributed by atoms with Crippen molar-refractivity contribution in [2.75, 3.05) is 6.61 Å². The summed E-state index contributed by atoms with van der Waals surface area (Å²) in [5.74, 6) is -1.35. The maximum Gasteiger partial charge on any atom is 0.334 e. The summed E-state index contributed by atoms with van der Waals surface area (Å²) in [4.78, 5) is 22.0. The van der Waals surface area contributed by atoms with E-state index in [0.717, 1.165) is 11.1 Å². The van der Waals surface area contributed by atoms with Gasteiger partial charge in [0, 0.05) is 12.0 Å². The Balaban J connectivity index is 2.16. The number of carboxylic acids is 1. The lowest BCUT2D eigenvalue weighted by atomic mass is 10.0. The number of carboxylic acid groups (broad SMARTS) is 1. The predicted molar refractivity (Wildman–Crippen MR) is 70.3 cm³/mol. The van der Waals surface area contributed by atoms with Gasteiger partial charge >= 0.3 is 11.9 Å². The molecule has 1 heterocycles. The fourth-order valence-corrected chi connectivity index (χ4v) is 1.83. The number of hydrogen-bond donors (Lipinski definition) is 1. The average Bonchev–Trinajstić information content (AvgIpc) is 2.40. The summed E-state index contributed by atoms with van der Waals surface area (Å²) in [7, 11) is 0. The molecule has 19 heavy (non-hydrogen) atoms. The van der Waals surface area contributed by atoms with Crippen LogP contribution in [0.4, 0.5) is 0 Å². The minimum Gasteiger partial charge on any atom is -0.481 e. The normalized spacial score (nSPS) is 16.9. The predicted octanol–water partition coefficient (Wildman–Crippen LogP) is 2.42. The van der Waals surface area contributed by atoms with E-state index < -0.39 is 11.9 Å². The summed E-state index contributed by atoms with van der Waals surface area (Å²) in [5.41, 5.74) is 2.30. The second kappa shape index (κ2) is 6.00. The second-order valence-corrected chi connectivity index (χ2v) is 4.27. The number of cyclic esters (lactones) is 1. The van der Waals surface area contributed by atoms with Crippen LogP contribution in [0.5, 0.6) is 0 Å². The number of carbonyl (C=O) groups excluding carboxylic acids is 1. The molecule has 0 atom stereocenters. The minimum absolute atomic E-state index is 0.0699. The van der Waals surface area contributed by atoms with Crippen LogP contribution in [0, 0.1) is 0 Å². The standard InChI is InChI=1S/C15H14O4/c16-14(17)7-6-13-9-12(10-19-15(13)18)8-11-4-2-1-3-5-11/h1-5,8-9H,6-7,10H2,(H,16,17)/b12-8+. The smallest absolute Gasteiger partial charge is 0.334 e. The van der Waals surface area contributed by atoms with Crippen molar-refractivity contribution in [1.29, 1.82) is 0 Å². The van der Waals surface area contributed by atoms with Crippen molar-refractivity contribution in [1.82, 2.24) is 0 Å². The number of carbonyl (C=O) groups is 2. The lowest BCUT2D eigenvalue weighted by molar-refractivity contribution is -0.139. The lowest BCUT2D eigenvalue weighted by Crippen LogP contribution is -2.16. The summed E-state index contributed by atoms with van der Waals surface area (Å²) in [6.45, 7) is 0.226. The zero-order valence-electron chi connectivity index (χ0n) is 10.3. The van der Waals surface area contributed by atoms with Gasteiger partial charge < -0.3 is 9.84 Å². The molecule has 1 N–H and O–H groups in total. The number of esters is 1. The van der Waals surface area contributed by atoms with Crippen LogP contribution in [0.25, 0.3) is 6.08 Å². The van der Waals surface area contributed by atoms with Crippen LogP contribution in [0.3, 0.4) is 0 Å². The molecular formula is C15H14O4. The lowest BCUT2D eigenvalue weighted by Gasteiger charge is -2.15. The summed E-state index contributed by atoms with van der Waals surface area (Å²) in [5, 5.41) is 8.64. The highest BCUT2D eigenvalue weighted by molar-refractivity contribution is 5.91. The van der Waals surface area contributed by atoms with Crippen LogP contribution >= 0.6 is 0 Å². The Hall–Kier alpha value is -2.36. The molecule has 0 fully saturated rings. The second-order valence-electron chi connectivity index (χ2n) is 4.27. The Bertz CT molecular complexity index is 541. The maximum absolute atomic E-state index is 11.5. The number of ether oxygens (including phenoxy) is 1. The van der Waals surface area contributed by atoms with E-state index in [4.69, 9.17) is 9.84 Å². The zero-order chi connectivity index (χ0) is 13.7. The highest BCUT2D eigenvalue weighted by atomic mass is 16.5. The molecule has 0 saturated carbocycles. The van der Waals surface area contributed by atoms with Gasteiger partial charge in [-0.1, -0.05) is 30.3 Å². The zero-order valence-corrected chi connectivity index (χ0v) is 10.3. The third-order valence-corrected chi connectivity index (χ3v) is 2.75. The molecule has 0 saturated heterocycles. The third kappa shape index (κ3) is 3.81. The Labute approximate surface area is 111 Å². The van der Waals surface area contributed by atoms with Crippen LogP contribution < -0.4 is 0 Å². The molecule has 1 aromatic rings. The van der Waals surface area contributed by atoms with E-state index in [1.54, 1.807) is 6.08 Å². The van der Waals surface area contributed by atoms with Crippen molar-refractivity contribution in [2.24, 2.45) is 0 Å². The van der Waals surface area contributed by atoms with E-state index in [-0.39, 0.29) is 19.4 Å². The third-order valence-electron chi connectivity index (χ3n) is 2.75. The first-order chi connectivity index (χ1) is 9.15. The van der Waals surface area contributed by atoms with Crippen molar-refractivity contribution >= 4 is 18.0 Å². The first kappa shape index (κ1) is 13.1. The Kier molecular flexibility index (Phi) is 4.13. The first-order valence-electron chi connectivity index (χ1n) is 6.00. The fourth-order valence-electron chi connectivity index (χ4n) is 1.83. The van der Waals surface area contributed by atoms with Gasteiger partial charge in [-0.2, -0.15) is 0 Å². The van der Waals surface area contributed by atoms with Gasteiger partial charge in [0.25, 0.3) is 0 Å². The molecular weight excluding hydrogens is 244 g/mol. The molecule has 98 valence electrons. The molecule has 0 spiro atoms. The molecule has 4 nitrogen and oxygen atoms in total. The fraction of sp³-hybridized carbons (Fsp3) is 0.200. The van der Waals surface area contributed by atoms with Gasteiger partial charge in [0.15, 0.2) is 0 Å². The molecule has 0 bridgehead atoms. The summed E-state index contributed by atoms with van der Waals surface area (Å²) >= 11 is 0. The topological polar surface area (TPSA) is 63.6 Å².